The van der Waals surface area contributed by atoms with Gasteiger partial charge in [0.25, 0.3) is 0 Å². The highest BCUT2D eigenvalue weighted by Gasteiger charge is 2.23. The van der Waals surface area contributed by atoms with Crippen LogP contribution in [0, 0.1) is 0 Å². The van der Waals surface area contributed by atoms with Crippen molar-refractivity contribution in [3.63, 3.8) is 0 Å². The Kier molecular flexibility index (Phi) is 4.70. The van der Waals surface area contributed by atoms with Crippen LogP contribution in [-0.2, 0) is 9.84 Å². The van der Waals surface area contributed by atoms with Crippen molar-refractivity contribution in [3.05, 3.63) is 24.3 Å². The van der Waals surface area contributed by atoms with E-state index in [0.717, 1.165) is 5.69 Å². The fourth-order valence-electron chi connectivity index (χ4n) is 2.89. The van der Waals surface area contributed by atoms with Gasteiger partial charge in [0.2, 0.25) is 0 Å². The van der Waals surface area contributed by atoms with Crippen LogP contribution in [0.5, 0.6) is 0 Å². The van der Waals surface area contributed by atoms with Gasteiger partial charge in [-0.05, 0) is 57.0 Å². The molecular formula is C15H24N2O2S. The third kappa shape index (κ3) is 3.52. The van der Waals surface area contributed by atoms with E-state index in [1.807, 2.05) is 19.2 Å². The molecule has 1 N–H and O–H groups in total. The molecule has 2 rings (SSSR count). The lowest BCUT2D eigenvalue weighted by Gasteiger charge is -2.36. The van der Waals surface area contributed by atoms with Gasteiger partial charge in [-0.1, -0.05) is 0 Å². The molecule has 0 aliphatic heterocycles. The summed E-state index contributed by atoms with van der Waals surface area (Å²) >= 11 is 0. The molecule has 0 radical (unpaired) electrons. The van der Waals surface area contributed by atoms with E-state index in [-0.39, 0.29) is 0 Å². The van der Waals surface area contributed by atoms with E-state index in [1.54, 1.807) is 12.1 Å². The Morgan fingerprint density at radius 1 is 1.10 bits per heavy atom. The van der Waals surface area contributed by atoms with Gasteiger partial charge in [0.05, 0.1) is 4.90 Å². The third-order valence-electron chi connectivity index (χ3n) is 4.32. The second kappa shape index (κ2) is 6.14. The topological polar surface area (TPSA) is 49.4 Å². The maximum Gasteiger partial charge on any atom is 0.175 e. The molecule has 1 aliphatic carbocycles. The van der Waals surface area contributed by atoms with Gasteiger partial charge in [0.15, 0.2) is 9.84 Å². The van der Waals surface area contributed by atoms with Crippen LogP contribution in [0.25, 0.3) is 0 Å². The summed E-state index contributed by atoms with van der Waals surface area (Å²) in [6.45, 7) is 0. The molecule has 0 atom stereocenters. The van der Waals surface area contributed by atoms with Crippen molar-refractivity contribution in [2.45, 2.75) is 42.7 Å². The summed E-state index contributed by atoms with van der Waals surface area (Å²) in [5.74, 6) is 0. The van der Waals surface area contributed by atoms with Crippen molar-refractivity contribution in [1.82, 2.24) is 5.32 Å². The predicted molar refractivity (Wildman–Crippen MR) is 83.1 cm³/mol. The average Bonchev–Trinajstić information content (AvgIpc) is 2.46. The van der Waals surface area contributed by atoms with Crippen molar-refractivity contribution in [2.24, 2.45) is 0 Å². The fourth-order valence-corrected chi connectivity index (χ4v) is 3.52. The van der Waals surface area contributed by atoms with Crippen LogP contribution in [0.1, 0.15) is 25.7 Å². The van der Waals surface area contributed by atoms with Gasteiger partial charge in [-0.3, -0.25) is 0 Å². The Labute approximate surface area is 122 Å². The van der Waals surface area contributed by atoms with E-state index in [9.17, 15) is 8.42 Å². The number of benzene rings is 1. The summed E-state index contributed by atoms with van der Waals surface area (Å²) in [4.78, 5) is 2.66. The Morgan fingerprint density at radius 2 is 1.65 bits per heavy atom. The zero-order chi connectivity index (χ0) is 14.8. The minimum absolute atomic E-state index is 0.383. The van der Waals surface area contributed by atoms with Crippen LogP contribution in [0.3, 0.4) is 0 Å². The quantitative estimate of drug-likeness (QED) is 0.924. The maximum absolute atomic E-state index is 11.5. The molecule has 0 aromatic heterocycles. The van der Waals surface area contributed by atoms with Gasteiger partial charge < -0.3 is 10.2 Å². The molecule has 1 saturated carbocycles. The molecule has 0 spiro atoms. The molecule has 0 heterocycles. The number of sulfone groups is 1. The van der Waals surface area contributed by atoms with Crippen molar-refractivity contribution < 1.29 is 8.42 Å². The fraction of sp³-hybridized carbons (Fsp3) is 0.600. The smallest absolute Gasteiger partial charge is 0.175 e. The summed E-state index contributed by atoms with van der Waals surface area (Å²) in [6, 6.07) is 8.39. The Balaban J connectivity index is 2.05. The molecular weight excluding hydrogens is 272 g/mol. The molecule has 0 amide bonds. The maximum atomic E-state index is 11.5. The first-order valence-corrected chi connectivity index (χ1v) is 9.01. The predicted octanol–water partition coefficient (Wildman–Crippen LogP) is 2.06. The number of rotatable bonds is 4. The number of hydrogen-bond donors (Lipinski definition) is 1. The van der Waals surface area contributed by atoms with E-state index in [0.29, 0.717) is 17.0 Å². The monoisotopic (exact) mass is 296 g/mol. The Bertz CT molecular complexity index is 531. The summed E-state index contributed by atoms with van der Waals surface area (Å²) in [5, 5.41) is 3.34. The van der Waals surface area contributed by atoms with E-state index in [4.69, 9.17) is 0 Å². The van der Waals surface area contributed by atoms with Gasteiger partial charge in [-0.15, -0.1) is 0 Å². The van der Waals surface area contributed by atoms with Crippen molar-refractivity contribution in [2.75, 3.05) is 25.3 Å². The lowest BCUT2D eigenvalue weighted by Crippen LogP contribution is -2.39. The molecule has 1 aromatic carbocycles. The molecule has 5 heteroatoms. The van der Waals surface area contributed by atoms with Crippen LogP contribution in [0.15, 0.2) is 29.2 Å². The van der Waals surface area contributed by atoms with Crippen molar-refractivity contribution in [3.8, 4) is 0 Å². The zero-order valence-corrected chi connectivity index (χ0v) is 13.3. The lowest BCUT2D eigenvalue weighted by atomic mass is 9.90. The number of nitrogens with one attached hydrogen (secondary N) is 1. The number of hydrogen-bond acceptors (Lipinski definition) is 4. The van der Waals surface area contributed by atoms with Gasteiger partial charge in [0.1, 0.15) is 0 Å². The Morgan fingerprint density at radius 3 is 2.10 bits per heavy atom. The number of nitrogens with zero attached hydrogens (tertiary/aromatic N) is 1. The highest BCUT2D eigenvalue weighted by Crippen LogP contribution is 2.27. The average molecular weight is 296 g/mol. The molecule has 0 unspecified atom stereocenters. The highest BCUT2D eigenvalue weighted by atomic mass is 32.2. The third-order valence-corrected chi connectivity index (χ3v) is 5.45. The summed E-state index contributed by atoms with van der Waals surface area (Å²) in [7, 11) is 1.02. The SMILES string of the molecule is CNC1CCC(N(C)c2ccc(S(C)(=O)=O)cc2)CC1. The van der Waals surface area contributed by atoms with E-state index >= 15 is 0 Å². The summed E-state index contributed by atoms with van der Waals surface area (Å²) in [5.41, 5.74) is 1.09. The Hall–Kier alpha value is -1.07. The second-order valence-electron chi connectivity index (χ2n) is 5.67. The van der Waals surface area contributed by atoms with Crippen LogP contribution in [0.2, 0.25) is 0 Å². The largest absolute Gasteiger partial charge is 0.372 e. The molecule has 4 nitrogen and oxygen atoms in total. The van der Waals surface area contributed by atoms with Gasteiger partial charge in [-0.25, -0.2) is 8.42 Å². The molecule has 1 fully saturated rings. The van der Waals surface area contributed by atoms with E-state index in [1.165, 1.54) is 31.9 Å². The van der Waals surface area contributed by atoms with Gasteiger partial charge in [-0.2, -0.15) is 0 Å². The molecule has 112 valence electrons. The van der Waals surface area contributed by atoms with Crippen molar-refractivity contribution in [1.29, 1.82) is 0 Å². The normalized spacial score (nSPS) is 23.6. The highest BCUT2D eigenvalue weighted by molar-refractivity contribution is 7.90. The van der Waals surface area contributed by atoms with Gasteiger partial charge >= 0.3 is 0 Å². The molecule has 20 heavy (non-hydrogen) atoms. The van der Waals surface area contributed by atoms with E-state index < -0.39 is 9.84 Å². The standard InChI is InChI=1S/C15H24N2O2S/c1-16-12-4-6-13(7-5-12)17(2)14-8-10-15(11-9-14)20(3,18)19/h8-13,16H,4-7H2,1-3H3. The molecule has 1 aliphatic rings. The molecule has 0 saturated heterocycles. The summed E-state index contributed by atoms with van der Waals surface area (Å²) in [6.07, 6.45) is 6.00. The van der Waals surface area contributed by atoms with Crippen LogP contribution in [0.4, 0.5) is 5.69 Å². The molecule has 0 bridgehead atoms. The zero-order valence-electron chi connectivity index (χ0n) is 12.5. The van der Waals surface area contributed by atoms with Gasteiger partial charge in [0, 0.05) is 31.1 Å². The lowest BCUT2D eigenvalue weighted by molar-refractivity contribution is 0.351. The first-order chi connectivity index (χ1) is 9.41. The molecule has 1 aromatic rings. The van der Waals surface area contributed by atoms with E-state index in [2.05, 4.69) is 17.3 Å². The summed E-state index contributed by atoms with van der Waals surface area (Å²) < 4.78 is 22.9. The number of anilines is 1. The minimum Gasteiger partial charge on any atom is -0.372 e. The van der Waals surface area contributed by atoms with Crippen molar-refractivity contribution >= 4 is 15.5 Å². The van der Waals surface area contributed by atoms with Crippen LogP contribution < -0.4 is 10.2 Å². The first kappa shape index (κ1) is 15.3. The second-order valence-corrected chi connectivity index (χ2v) is 7.69. The van der Waals surface area contributed by atoms with Crippen LogP contribution in [-0.4, -0.2) is 40.9 Å². The van der Waals surface area contributed by atoms with Crippen LogP contribution >= 0.6 is 0 Å². The minimum atomic E-state index is -3.11. The first-order valence-electron chi connectivity index (χ1n) is 7.12.